The summed E-state index contributed by atoms with van der Waals surface area (Å²) in [5.41, 5.74) is 3.87. The first kappa shape index (κ1) is 18.1. The van der Waals surface area contributed by atoms with E-state index < -0.39 is 0 Å². The Kier molecular flexibility index (Phi) is 5.08. The summed E-state index contributed by atoms with van der Waals surface area (Å²) in [6.45, 7) is 13.0. The van der Waals surface area contributed by atoms with Crippen LogP contribution in [-0.4, -0.2) is 12.1 Å². The van der Waals surface area contributed by atoms with Crippen LogP contribution in [0.1, 0.15) is 68.6 Å². The van der Waals surface area contributed by atoms with E-state index in [1.165, 1.54) is 0 Å². The van der Waals surface area contributed by atoms with Crippen molar-refractivity contribution in [1.29, 1.82) is 0 Å². The van der Waals surface area contributed by atoms with Crippen molar-refractivity contribution in [3.63, 3.8) is 0 Å². The van der Waals surface area contributed by atoms with Crippen LogP contribution in [0.15, 0.2) is 53.5 Å². The molecule has 0 bridgehead atoms. The number of hydrogen-bond acceptors (Lipinski definition) is 1. The summed E-state index contributed by atoms with van der Waals surface area (Å²) in [5, 5.41) is 0. The van der Waals surface area contributed by atoms with E-state index >= 15 is 0 Å². The van der Waals surface area contributed by atoms with Crippen LogP contribution >= 0.6 is 0 Å². The maximum absolute atomic E-state index is 12.6. The molecule has 0 unspecified atom stereocenters. The van der Waals surface area contributed by atoms with Gasteiger partial charge in [-0.2, -0.15) is 0 Å². The van der Waals surface area contributed by atoms with Crippen molar-refractivity contribution < 1.29 is 4.79 Å². The van der Waals surface area contributed by atoms with Gasteiger partial charge < -0.3 is 0 Å². The molecule has 0 saturated heterocycles. The fourth-order valence-electron chi connectivity index (χ4n) is 2.36. The molecular weight excluding hydrogens is 294 g/mol. The van der Waals surface area contributed by atoms with Crippen molar-refractivity contribution in [1.82, 2.24) is 0 Å². The van der Waals surface area contributed by atoms with Gasteiger partial charge in [-0.15, -0.1) is 0 Å². The van der Waals surface area contributed by atoms with Crippen molar-refractivity contribution >= 4 is 12.1 Å². The van der Waals surface area contributed by atoms with E-state index in [0.717, 1.165) is 16.7 Å². The molecule has 2 heteroatoms. The predicted molar refractivity (Wildman–Crippen MR) is 102 cm³/mol. The molecule has 0 heterocycles. The first-order valence-electron chi connectivity index (χ1n) is 8.37. The van der Waals surface area contributed by atoms with Gasteiger partial charge in [0.15, 0.2) is 0 Å². The number of carbonyl (C=O) groups is 1. The molecule has 0 atom stereocenters. The largest absolute Gasteiger partial charge is 0.276 e. The third-order valence-electron chi connectivity index (χ3n) is 4.04. The molecule has 2 aromatic carbocycles. The van der Waals surface area contributed by atoms with Crippen molar-refractivity contribution in [3.05, 3.63) is 70.8 Å². The minimum absolute atomic E-state index is 0.0145. The van der Waals surface area contributed by atoms with Crippen molar-refractivity contribution in [2.75, 3.05) is 0 Å². The lowest BCUT2D eigenvalue weighted by atomic mass is 9.79. The van der Waals surface area contributed by atoms with Gasteiger partial charge in [-0.25, -0.2) is 4.99 Å². The van der Waals surface area contributed by atoms with Gasteiger partial charge in [0, 0.05) is 11.8 Å². The molecule has 0 fully saturated rings. The number of benzene rings is 2. The molecular formula is C22H27NO. The van der Waals surface area contributed by atoms with Crippen molar-refractivity contribution in [2.24, 2.45) is 4.99 Å². The molecule has 0 aliphatic rings. The smallest absolute Gasteiger partial charge is 0.267 e. The zero-order valence-corrected chi connectivity index (χ0v) is 15.6. The number of aliphatic imine (C=N–C) groups is 1. The number of amides is 1. The Balaban J connectivity index is 2.41. The highest BCUT2D eigenvalue weighted by atomic mass is 16.1. The Hall–Kier alpha value is -2.22. The van der Waals surface area contributed by atoms with Crippen LogP contribution in [-0.2, 0) is 10.8 Å². The third kappa shape index (κ3) is 4.64. The molecule has 0 aromatic heterocycles. The minimum Gasteiger partial charge on any atom is -0.267 e. The maximum atomic E-state index is 12.6. The van der Waals surface area contributed by atoms with Gasteiger partial charge in [0.1, 0.15) is 0 Å². The second-order valence-electron chi connectivity index (χ2n) is 8.27. The first-order chi connectivity index (χ1) is 11.1. The zero-order valence-electron chi connectivity index (χ0n) is 15.6. The highest BCUT2D eigenvalue weighted by Crippen LogP contribution is 2.30. The summed E-state index contributed by atoms with van der Waals surface area (Å²) in [6.07, 6.45) is 1.63. The summed E-state index contributed by atoms with van der Waals surface area (Å²) in [4.78, 5) is 16.7. The van der Waals surface area contributed by atoms with Crippen molar-refractivity contribution in [2.45, 2.75) is 52.4 Å². The molecule has 1 amide bonds. The Morgan fingerprint density at radius 1 is 0.833 bits per heavy atom. The number of carbonyl (C=O) groups excluding carboxylic acids is 1. The van der Waals surface area contributed by atoms with E-state index in [0.29, 0.717) is 5.56 Å². The van der Waals surface area contributed by atoms with Gasteiger partial charge in [-0.05, 0) is 39.7 Å². The first-order valence-corrected chi connectivity index (χ1v) is 8.37. The van der Waals surface area contributed by atoms with Gasteiger partial charge in [-0.1, -0.05) is 77.9 Å². The normalized spacial score (nSPS) is 12.6. The Morgan fingerprint density at radius 2 is 1.33 bits per heavy atom. The van der Waals surface area contributed by atoms with Gasteiger partial charge in [0.05, 0.1) is 0 Å². The van der Waals surface area contributed by atoms with Crippen LogP contribution in [0.25, 0.3) is 0 Å². The Labute approximate surface area is 145 Å². The van der Waals surface area contributed by atoms with Gasteiger partial charge in [0.25, 0.3) is 5.91 Å². The molecule has 2 nitrogen and oxygen atoms in total. The van der Waals surface area contributed by atoms with Crippen molar-refractivity contribution in [3.8, 4) is 0 Å². The minimum atomic E-state index is -0.199. The highest BCUT2D eigenvalue weighted by Gasteiger charge is 2.22. The van der Waals surface area contributed by atoms with Crippen LogP contribution in [0.3, 0.4) is 0 Å². The molecule has 2 rings (SSSR count). The molecule has 0 N–H and O–H groups in total. The second kappa shape index (κ2) is 6.72. The molecule has 0 spiro atoms. The van der Waals surface area contributed by atoms with Gasteiger partial charge in [0.2, 0.25) is 0 Å². The standard InChI is InChI=1S/C22H27NO/c1-21(2,3)18-12-17(13-19(14-18)22(4,5)6)20(24)23-15-16-10-8-7-9-11-16/h7-15H,1-6H3. The van der Waals surface area contributed by atoms with E-state index in [-0.39, 0.29) is 16.7 Å². The van der Waals surface area contributed by atoms with E-state index in [9.17, 15) is 4.79 Å². The van der Waals surface area contributed by atoms with Gasteiger partial charge >= 0.3 is 0 Å². The van der Waals surface area contributed by atoms with Crippen LogP contribution in [0.2, 0.25) is 0 Å². The van der Waals surface area contributed by atoms with Crippen LogP contribution in [0.5, 0.6) is 0 Å². The molecule has 0 aliphatic carbocycles. The summed E-state index contributed by atoms with van der Waals surface area (Å²) in [6, 6.07) is 15.8. The molecule has 2 aromatic rings. The average molecular weight is 321 g/mol. The third-order valence-corrected chi connectivity index (χ3v) is 4.04. The van der Waals surface area contributed by atoms with E-state index in [2.05, 4.69) is 52.6 Å². The summed E-state index contributed by atoms with van der Waals surface area (Å²) in [7, 11) is 0. The maximum Gasteiger partial charge on any atom is 0.276 e. The number of rotatable bonds is 2. The summed E-state index contributed by atoms with van der Waals surface area (Å²) >= 11 is 0. The average Bonchev–Trinajstić information content (AvgIpc) is 2.51. The number of nitrogens with zero attached hydrogens (tertiary/aromatic N) is 1. The molecule has 0 saturated carbocycles. The summed E-state index contributed by atoms with van der Waals surface area (Å²) < 4.78 is 0. The van der Waals surface area contributed by atoms with Crippen LogP contribution in [0.4, 0.5) is 0 Å². The second-order valence-corrected chi connectivity index (χ2v) is 8.27. The number of hydrogen-bond donors (Lipinski definition) is 0. The van der Waals surface area contributed by atoms with Crippen LogP contribution in [0, 0.1) is 0 Å². The highest BCUT2D eigenvalue weighted by molar-refractivity contribution is 6.02. The lowest BCUT2D eigenvalue weighted by Crippen LogP contribution is -2.17. The van der Waals surface area contributed by atoms with Crippen LogP contribution < -0.4 is 0 Å². The SMILES string of the molecule is CC(C)(C)c1cc(C(=O)N=Cc2ccccc2)cc(C(C)(C)C)c1. The van der Waals surface area contributed by atoms with E-state index in [1.807, 2.05) is 42.5 Å². The van der Waals surface area contributed by atoms with Gasteiger partial charge in [-0.3, -0.25) is 4.79 Å². The quantitative estimate of drug-likeness (QED) is 0.668. The van der Waals surface area contributed by atoms with E-state index in [4.69, 9.17) is 0 Å². The topological polar surface area (TPSA) is 29.4 Å². The Bertz CT molecular complexity index is 712. The predicted octanol–water partition coefficient (Wildman–Crippen LogP) is 5.54. The monoisotopic (exact) mass is 321 g/mol. The molecule has 126 valence electrons. The molecule has 0 aliphatic heterocycles. The fourth-order valence-corrected chi connectivity index (χ4v) is 2.36. The van der Waals surface area contributed by atoms with E-state index in [1.54, 1.807) is 6.21 Å². The lowest BCUT2D eigenvalue weighted by Gasteiger charge is -2.25. The lowest BCUT2D eigenvalue weighted by molar-refractivity contribution is 0.100. The zero-order chi connectivity index (χ0) is 18.0. The summed E-state index contributed by atoms with van der Waals surface area (Å²) in [5.74, 6) is -0.199. The Morgan fingerprint density at radius 3 is 1.79 bits per heavy atom. The molecule has 24 heavy (non-hydrogen) atoms. The fraction of sp³-hybridized carbons (Fsp3) is 0.364. The molecule has 0 radical (unpaired) electrons.